The Labute approximate surface area is 170 Å². The van der Waals surface area contributed by atoms with Crippen LogP contribution >= 0.6 is 11.6 Å². The summed E-state index contributed by atoms with van der Waals surface area (Å²) in [7, 11) is 0. The molecule has 0 aliphatic carbocycles. The summed E-state index contributed by atoms with van der Waals surface area (Å²) in [6, 6.07) is 10.7. The lowest BCUT2D eigenvalue weighted by atomic mass is 10.0. The summed E-state index contributed by atoms with van der Waals surface area (Å²) in [4.78, 5) is 23.2. The van der Waals surface area contributed by atoms with E-state index in [0.717, 1.165) is 11.1 Å². The van der Waals surface area contributed by atoms with Crippen molar-refractivity contribution < 1.29 is 19.1 Å². The smallest absolute Gasteiger partial charge is 0.262 e. The topological polar surface area (TPSA) is 90.7 Å². The second-order valence-electron chi connectivity index (χ2n) is 6.69. The summed E-state index contributed by atoms with van der Waals surface area (Å²) in [6.45, 7) is 5.94. The number of hydrogen-bond donors (Lipinski definition) is 2. The number of halogens is 1. The zero-order valence-corrected chi connectivity index (χ0v) is 17.0. The van der Waals surface area contributed by atoms with Crippen molar-refractivity contribution in [3.05, 3.63) is 52.5 Å². The Balaban J connectivity index is 2.02. The molecule has 0 aliphatic rings. The van der Waals surface area contributed by atoms with E-state index in [1.165, 1.54) is 0 Å². The van der Waals surface area contributed by atoms with Gasteiger partial charge in [-0.3, -0.25) is 9.59 Å². The fraction of sp³-hybridized carbons (Fsp3) is 0.333. The molecule has 0 unspecified atom stereocenters. The van der Waals surface area contributed by atoms with E-state index in [1.807, 2.05) is 32.9 Å². The average Bonchev–Trinajstić information content (AvgIpc) is 2.63. The molecule has 0 saturated heterocycles. The first-order valence-corrected chi connectivity index (χ1v) is 9.38. The molecule has 7 heteroatoms. The standard InChI is InChI=1S/C21H25ClN2O4/c1-13(2)15-11-16(22)14(3)10-19(15)28-12-21(26)24-17-6-4-5-7-18(17)27-9-8-20(23)25/h4-7,10-11,13H,8-9,12H2,1-3H3,(H2,23,25)(H,24,26). The van der Waals surface area contributed by atoms with Crippen molar-refractivity contribution in [2.24, 2.45) is 5.73 Å². The third-order valence-electron chi connectivity index (χ3n) is 4.04. The number of ether oxygens (including phenoxy) is 2. The molecule has 0 atom stereocenters. The van der Waals surface area contributed by atoms with Crippen molar-refractivity contribution in [1.29, 1.82) is 0 Å². The Morgan fingerprint density at radius 2 is 1.86 bits per heavy atom. The van der Waals surface area contributed by atoms with Gasteiger partial charge in [-0.15, -0.1) is 0 Å². The van der Waals surface area contributed by atoms with Crippen LogP contribution in [0.3, 0.4) is 0 Å². The molecule has 0 fully saturated rings. The van der Waals surface area contributed by atoms with Gasteiger partial charge in [0.15, 0.2) is 6.61 Å². The zero-order valence-electron chi connectivity index (χ0n) is 16.3. The molecule has 2 amide bonds. The maximum Gasteiger partial charge on any atom is 0.262 e. The molecule has 2 aromatic carbocycles. The highest BCUT2D eigenvalue weighted by atomic mass is 35.5. The van der Waals surface area contributed by atoms with E-state index in [2.05, 4.69) is 5.32 Å². The van der Waals surface area contributed by atoms with E-state index in [0.29, 0.717) is 22.2 Å². The summed E-state index contributed by atoms with van der Waals surface area (Å²) in [5.74, 6) is 0.526. The minimum atomic E-state index is -0.450. The second-order valence-corrected chi connectivity index (χ2v) is 7.10. The van der Waals surface area contributed by atoms with E-state index in [9.17, 15) is 9.59 Å². The van der Waals surface area contributed by atoms with Crippen LogP contribution in [-0.4, -0.2) is 25.0 Å². The summed E-state index contributed by atoms with van der Waals surface area (Å²) in [6.07, 6.45) is 0.0965. The maximum atomic E-state index is 12.4. The predicted molar refractivity (Wildman–Crippen MR) is 110 cm³/mol. The minimum absolute atomic E-state index is 0.0965. The van der Waals surface area contributed by atoms with Gasteiger partial charge in [0.05, 0.1) is 18.7 Å². The SMILES string of the molecule is Cc1cc(OCC(=O)Nc2ccccc2OCCC(N)=O)c(C(C)C)cc1Cl. The van der Waals surface area contributed by atoms with E-state index >= 15 is 0 Å². The molecule has 2 rings (SSSR count). The van der Waals surface area contributed by atoms with Gasteiger partial charge in [0.2, 0.25) is 5.91 Å². The number of hydrogen-bond acceptors (Lipinski definition) is 4. The Hall–Kier alpha value is -2.73. The highest BCUT2D eigenvalue weighted by Crippen LogP contribution is 2.32. The lowest BCUT2D eigenvalue weighted by Crippen LogP contribution is -2.21. The van der Waals surface area contributed by atoms with Gasteiger partial charge in [-0.2, -0.15) is 0 Å². The molecule has 0 saturated carbocycles. The van der Waals surface area contributed by atoms with Crippen molar-refractivity contribution in [2.75, 3.05) is 18.5 Å². The number of rotatable bonds is 9. The van der Waals surface area contributed by atoms with Gasteiger partial charge < -0.3 is 20.5 Å². The van der Waals surface area contributed by atoms with Crippen molar-refractivity contribution in [3.63, 3.8) is 0 Å². The average molecular weight is 405 g/mol. The normalized spacial score (nSPS) is 10.6. The molecular formula is C21H25ClN2O4. The molecule has 0 heterocycles. The van der Waals surface area contributed by atoms with Crippen LogP contribution in [0.1, 0.15) is 37.3 Å². The van der Waals surface area contributed by atoms with Gasteiger partial charge in [0.25, 0.3) is 5.91 Å². The highest BCUT2D eigenvalue weighted by molar-refractivity contribution is 6.31. The van der Waals surface area contributed by atoms with Gasteiger partial charge in [0.1, 0.15) is 11.5 Å². The van der Waals surface area contributed by atoms with Gasteiger partial charge in [-0.25, -0.2) is 0 Å². The molecule has 0 aliphatic heterocycles. The minimum Gasteiger partial charge on any atom is -0.491 e. The number of carbonyl (C=O) groups excluding carboxylic acids is 2. The number of anilines is 1. The molecule has 2 aromatic rings. The first-order chi connectivity index (χ1) is 13.3. The van der Waals surface area contributed by atoms with Crippen LogP contribution in [0, 0.1) is 6.92 Å². The third kappa shape index (κ3) is 6.16. The first kappa shape index (κ1) is 21.6. The number of benzene rings is 2. The molecule has 6 nitrogen and oxygen atoms in total. The van der Waals surface area contributed by atoms with E-state index in [1.54, 1.807) is 24.3 Å². The number of primary amides is 1. The van der Waals surface area contributed by atoms with E-state index < -0.39 is 5.91 Å². The largest absolute Gasteiger partial charge is 0.491 e. The van der Waals surface area contributed by atoms with Crippen LogP contribution in [0.5, 0.6) is 11.5 Å². The van der Waals surface area contributed by atoms with Crippen LogP contribution in [0.2, 0.25) is 5.02 Å². The molecule has 0 bridgehead atoms. The van der Waals surface area contributed by atoms with Gasteiger partial charge in [0, 0.05) is 5.02 Å². The number of para-hydroxylation sites is 2. The zero-order chi connectivity index (χ0) is 20.7. The molecular weight excluding hydrogens is 380 g/mol. The Bertz CT molecular complexity index is 852. The van der Waals surface area contributed by atoms with Crippen molar-refractivity contribution in [3.8, 4) is 11.5 Å². The summed E-state index contributed by atoms with van der Waals surface area (Å²) < 4.78 is 11.3. The van der Waals surface area contributed by atoms with Gasteiger partial charge in [-0.05, 0) is 48.2 Å². The molecule has 150 valence electrons. The van der Waals surface area contributed by atoms with Crippen LogP contribution in [0.15, 0.2) is 36.4 Å². The molecule has 3 N–H and O–H groups in total. The number of aryl methyl sites for hydroxylation is 1. The van der Waals surface area contributed by atoms with Crippen molar-refractivity contribution in [1.82, 2.24) is 0 Å². The first-order valence-electron chi connectivity index (χ1n) is 9.00. The number of amides is 2. The van der Waals surface area contributed by atoms with Crippen LogP contribution in [-0.2, 0) is 9.59 Å². The van der Waals surface area contributed by atoms with E-state index in [4.69, 9.17) is 26.8 Å². The fourth-order valence-corrected chi connectivity index (χ4v) is 2.71. The fourth-order valence-electron chi connectivity index (χ4n) is 2.53. The number of nitrogens with one attached hydrogen (secondary N) is 1. The van der Waals surface area contributed by atoms with Gasteiger partial charge >= 0.3 is 0 Å². The third-order valence-corrected chi connectivity index (χ3v) is 4.45. The highest BCUT2D eigenvalue weighted by Gasteiger charge is 2.14. The Morgan fingerprint density at radius 3 is 2.54 bits per heavy atom. The van der Waals surface area contributed by atoms with Crippen LogP contribution < -0.4 is 20.5 Å². The van der Waals surface area contributed by atoms with Crippen LogP contribution in [0.25, 0.3) is 0 Å². The summed E-state index contributed by atoms with van der Waals surface area (Å²) >= 11 is 6.20. The second kappa shape index (κ2) is 9.99. The Morgan fingerprint density at radius 1 is 1.14 bits per heavy atom. The molecule has 28 heavy (non-hydrogen) atoms. The summed E-state index contributed by atoms with van der Waals surface area (Å²) in [5.41, 5.74) is 7.43. The monoisotopic (exact) mass is 404 g/mol. The lowest BCUT2D eigenvalue weighted by Gasteiger charge is -2.16. The predicted octanol–water partition coefficient (Wildman–Crippen LogP) is 4.04. The quantitative estimate of drug-likeness (QED) is 0.659. The molecule has 0 radical (unpaired) electrons. The van der Waals surface area contributed by atoms with Crippen molar-refractivity contribution >= 4 is 29.1 Å². The van der Waals surface area contributed by atoms with Crippen LogP contribution in [0.4, 0.5) is 5.69 Å². The maximum absolute atomic E-state index is 12.4. The van der Waals surface area contributed by atoms with E-state index in [-0.39, 0.29) is 31.5 Å². The molecule has 0 aromatic heterocycles. The summed E-state index contributed by atoms with van der Waals surface area (Å²) in [5, 5.41) is 3.43. The number of carbonyl (C=O) groups is 2. The van der Waals surface area contributed by atoms with Gasteiger partial charge in [-0.1, -0.05) is 37.6 Å². The number of nitrogens with two attached hydrogens (primary N) is 1. The lowest BCUT2D eigenvalue weighted by molar-refractivity contribution is -0.119. The van der Waals surface area contributed by atoms with Crippen molar-refractivity contribution in [2.45, 2.75) is 33.1 Å². The molecule has 0 spiro atoms. The Kier molecular flexibility index (Phi) is 7.70.